The highest BCUT2D eigenvalue weighted by Gasteiger charge is 2.47. The first-order valence-corrected chi connectivity index (χ1v) is 10.1. The summed E-state index contributed by atoms with van der Waals surface area (Å²) in [5.41, 5.74) is 4.41. The lowest BCUT2D eigenvalue weighted by atomic mass is 9.72. The van der Waals surface area contributed by atoms with Gasteiger partial charge in [-0.2, -0.15) is 0 Å². The highest BCUT2D eigenvalue weighted by atomic mass is 16.3. The minimum Gasteiger partial charge on any atom is -0.392 e. The summed E-state index contributed by atoms with van der Waals surface area (Å²) < 4.78 is 2.05. The number of benzene rings is 2. The molecule has 5 nitrogen and oxygen atoms in total. The van der Waals surface area contributed by atoms with Gasteiger partial charge in [-0.1, -0.05) is 36.4 Å². The fraction of sp³-hybridized carbons (Fsp3) is 0.391. The zero-order valence-corrected chi connectivity index (χ0v) is 15.9. The third-order valence-electron chi connectivity index (χ3n) is 6.71. The second-order valence-electron chi connectivity index (χ2n) is 8.09. The summed E-state index contributed by atoms with van der Waals surface area (Å²) in [6.45, 7) is 2.08. The molecule has 2 aromatic carbocycles. The molecule has 1 spiro atoms. The molecule has 1 amide bonds. The van der Waals surface area contributed by atoms with Crippen LogP contribution in [0.25, 0.3) is 11.0 Å². The number of hydrogen-bond acceptors (Lipinski definition) is 3. The van der Waals surface area contributed by atoms with Crippen molar-refractivity contribution >= 4 is 16.9 Å². The van der Waals surface area contributed by atoms with E-state index in [-0.39, 0.29) is 17.4 Å². The van der Waals surface area contributed by atoms with Crippen molar-refractivity contribution in [3.05, 3.63) is 66.0 Å². The quantitative estimate of drug-likeness (QED) is 0.766. The molecule has 1 aromatic heterocycles. The fourth-order valence-corrected chi connectivity index (χ4v) is 5.09. The third kappa shape index (κ3) is 2.73. The van der Waals surface area contributed by atoms with E-state index in [1.54, 1.807) is 0 Å². The molecule has 0 unspecified atom stereocenters. The molecular weight excluding hydrogens is 350 g/mol. The number of rotatable bonds is 3. The number of para-hydroxylation sites is 2. The van der Waals surface area contributed by atoms with Gasteiger partial charge >= 0.3 is 0 Å². The second kappa shape index (κ2) is 6.74. The topological polar surface area (TPSA) is 58.4 Å². The summed E-state index contributed by atoms with van der Waals surface area (Å²) in [6, 6.07) is 16.4. The second-order valence-corrected chi connectivity index (χ2v) is 8.09. The number of aliphatic hydroxyl groups excluding tert-OH is 1. The summed E-state index contributed by atoms with van der Waals surface area (Å²) >= 11 is 0. The molecule has 0 bridgehead atoms. The SMILES string of the molecule is O=C(CCn1cnc2ccccc21)N1CCC2(CC1)c1ccccc1C[C@@H]2O. The molecular formula is C23H25N3O2. The number of nitrogens with zero attached hydrogens (tertiary/aromatic N) is 3. The highest BCUT2D eigenvalue weighted by molar-refractivity contribution is 5.77. The number of aromatic nitrogens is 2. The molecule has 2 aliphatic rings. The zero-order chi connectivity index (χ0) is 19.1. The van der Waals surface area contributed by atoms with Crippen LogP contribution in [0.15, 0.2) is 54.9 Å². The molecule has 144 valence electrons. The van der Waals surface area contributed by atoms with Crippen molar-refractivity contribution in [3.63, 3.8) is 0 Å². The lowest BCUT2D eigenvalue weighted by Crippen LogP contribution is -2.49. The number of carbonyl (C=O) groups excluding carboxylic acids is 1. The van der Waals surface area contributed by atoms with Crippen LogP contribution in [0, 0.1) is 0 Å². The van der Waals surface area contributed by atoms with E-state index >= 15 is 0 Å². The standard InChI is InChI=1S/C23H25N3O2/c27-21-15-17-5-1-2-6-18(17)23(21)10-13-25(14-11-23)22(28)9-12-26-16-24-19-7-3-4-8-20(19)26/h1-8,16,21,27H,9-15H2/t21-/m0/s1. The van der Waals surface area contributed by atoms with Crippen LogP contribution < -0.4 is 0 Å². The largest absolute Gasteiger partial charge is 0.392 e. The molecule has 1 atom stereocenters. The van der Waals surface area contributed by atoms with E-state index in [0.717, 1.165) is 43.4 Å². The number of likely N-dealkylation sites (tertiary alicyclic amines) is 1. The Kier molecular flexibility index (Phi) is 4.20. The van der Waals surface area contributed by atoms with Crippen LogP contribution in [-0.4, -0.2) is 44.7 Å². The average Bonchev–Trinajstić information content (AvgIpc) is 3.26. The number of fused-ring (bicyclic) bond motifs is 3. The molecule has 2 heterocycles. The lowest BCUT2D eigenvalue weighted by Gasteiger charge is -2.42. The Morgan fingerprint density at radius 3 is 2.71 bits per heavy atom. The van der Waals surface area contributed by atoms with Gasteiger partial charge < -0.3 is 14.6 Å². The summed E-state index contributed by atoms with van der Waals surface area (Å²) in [4.78, 5) is 19.2. The van der Waals surface area contributed by atoms with Gasteiger partial charge in [0.15, 0.2) is 0 Å². The molecule has 1 aliphatic heterocycles. The molecule has 28 heavy (non-hydrogen) atoms. The first kappa shape index (κ1) is 17.4. The molecule has 5 heteroatoms. The summed E-state index contributed by atoms with van der Waals surface area (Å²) in [6.07, 6.45) is 4.37. The van der Waals surface area contributed by atoms with Gasteiger partial charge in [0.05, 0.1) is 23.5 Å². The maximum absolute atomic E-state index is 12.8. The van der Waals surface area contributed by atoms with Gasteiger partial charge in [0, 0.05) is 31.5 Å². The Balaban J connectivity index is 1.24. The van der Waals surface area contributed by atoms with E-state index < -0.39 is 0 Å². The van der Waals surface area contributed by atoms with Crippen LogP contribution in [0.4, 0.5) is 0 Å². The Morgan fingerprint density at radius 2 is 1.86 bits per heavy atom. The normalized spacial score (nSPS) is 20.6. The van der Waals surface area contributed by atoms with E-state index in [0.29, 0.717) is 13.0 Å². The van der Waals surface area contributed by atoms with Crippen molar-refractivity contribution < 1.29 is 9.90 Å². The first-order valence-electron chi connectivity index (χ1n) is 10.1. The van der Waals surface area contributed by atoms with Gasteiger partial charge in [-0.05, 0) is 42.5 Å². The summed E-state index contributed by atoms with van der Waals surface area (Å²) in [7, 11) is 0. The maximum atomic E-state index is 12.8. The van der Waals surface area contributed by atoms with Gasteiger partial charge in [0.25, 0.3) is 0 Å². The minimum absolute atomic E-state index is 0.173. The lowest BCUT2D eigenvalue weighted by molar-refractivity contribution is -0.133. The molecule has 0 saturated carbocycles. The van der Waals surface area contributed by atoms with Crippen LogP contribution in [0.3, 0.4) is 0 Å². The Morgan fingerprint density at radius 1 is 1.11 bits per heavy atom. The minimum atomic E-state index is -0.334. The zero-order valence-electron chi connectivity index (χ0n) is 15.9. The van der Waals surface area contributed by atoms with Gasteiger partial charge in [-0.15, -0.1) is 0 Å². The number of piperidine rings is 1. The van der Waals surface area contributed by atoms with Crippen LogP contribution >= 0.6 is 0 Å². The van der Waals surface area contributed by atoms with Gasteiger partial charge in [0.1, 0.15) is 0 Å². The van der Waals surface area contributed by atoms with E-state index in [4.69, 9.17) is 0 Å². The van der Waals surface area contributed by atoms with E-state index in [9.17, 15) is 9.90 Å². The molecule has 1 saturated heterocycles. The summed E-state index contributed by atoms with van der Waals surface area (Å²) in [5, 5.41) is 10.8. The monoisotopic (exact) mass is 375 g/mol. The van der Waals surface area contributed by atoms with Crippen molar-refractivity contribution in [2.75, 3.05) is 13.1 Å². The Bertz CT molecular complexity index is 1020. The average molecular weight is 375 g/mol. The summed E-state index contributed by atoms with van der Waals surface area (Å²) in [5.74, 6) is 0.188. The number of aryl methyl sites for hydroxylation is 1. The van der Waals surface area contributed by atoms with E-state index in [1.807, 2.05) is 41.6 Å². The number of carbonyl (C=O) groups is 1. The molecule has 1 fully saturated rings. The maximum Gasteiger partial charge on any atom is 0.224 e. The number of aliphatic hydroxyl groups is 1. The molecule has 0 radical (unpaired) electrons. The third-order valence-corrected chi connectivity index (χ3v) is 6.71. The van der Waals surface area contributed by atoms with Crippen molar-refractivity contribution in [3.8, 4) is 0 Å². The molecule has 3 aromatic rings. The molecule has 5 rings (SSSR count). The first-order chi connectivity index (χ1) is 13.7. The predicted octanol–water partition coefficient (Wildman–Crippen LogP) is 2.90. The van der Waals surface area contributed by atoms with E-state index in [2.05, 4.69) is 27.8 Å². The highest BCUT2D eigenvalue weighted by Crippen LogP contribution is 2.46. The van der Waals surface area contributed by atoms with Gasteiger partial charge in [0.2, 0.25) is 5.91 Å². The van der Waals surface area contributed by atoms with Crippen molar-refractivity contribution in [2.45, 2.75) is 43.7 Å². The Labute approximate surface area is 164 Å². The van der Waals surface area contributed by atoms with Crippen LogP contribution in [0.1, 0.15) is 30.4 Å². The number of amides is 1. The molecule has 1 N–H and O–H groups in total. The Hall–Kier alpha value is -2.66. The van der Waals surface area contributed by atoms with Gasteiger partial charge in [-0.3, -0.25) is 4.79 Å². The number of imidazole rings is 1. The van der Waals surface area contributed by atoms with Crippen LogP contribution in [-0.2, 0) is 23.2 Å². The van der Waals surface area contributed by atoms with Gasteiger partial charge in [-0.25, -0.2) is 4.98 Å². The van der Waals surface area contributed by atoms with E-state index in [1.165, 1.54) is 11.1 Å². The van der Waals surface area contributed by atoms with Crippen molar-refractivity contribution in [2.24, 2.45) is 0 Å². The fourth-order valence-electron chi connectivity index (χ4n) is 5.09. The number of hydrogen-bond donors (Lipinski definition) is 1. The van der Waals surface area contributed by atoms with Crippen molar-refractivity contribution in [1.82, 2.24) is 14.5 Å². The van der Waals surface area contributed by atoms with Crippen LogP contribution in [0.5, 0.6) is 0 Å². The molecule has 1 aliphatic carbocycles. The van der Waals surface area contributed by atoms with Crippen molar-refractivity contribution in [1.29, 1.82) is 0 Å². The predicted molar refractivity (Wildman–Crippen MR) is 108 cm³/mol. The van der Waals surface area contributed by atoms with Crippen LogP contribution in [0.2, 0.25) is 0 Å². The smallest absolute Gasteiger partial charge is 0.224 e.